The van der Waals surface area contributed by atoms with Crippen molar-refractivity contribution in [3.63, 3.8) is 0 Å². The van der Waals surface area contributed by atoms with Gasteiger partial charge in [-0.05, 0) is 43.3 Å². The van der Waals surface area contributed by atoms with Crippen LogP contribution in [0.4, 0.5) is 5.69 Å². The zero-order valence-corrected chi connectivity index (χ0v) is 13.6. The van der Waals surface area contributed by atoms with Gasteiger partial charge >= 0.3 is 0 Å². The lowest BCUT2D eigenvalue weighted by atomic mass is 10.1. The van der Waals surface area contributed by atoms with Crippen molar-refractivity contribution in [2.45, 2.75) is 32.9 Å². The maximum absolute atomic E-state index is 6.23. The number of tetrazole rings is 1. The van der Waals surface area contributed by atoms with E-state index in [1.165, 1.54) is 0 Å². The van der Waals surface area contributed by atoms with Gasteiger partial charge in [-0.1, -0.05) is 23.2 Å². The van der Waals surface area contributed by atoms with Gasteiger partial charge in [0, 0.05) is 17.9 Å². The molecule has 0 aliphatic carbocycles. The number of nitrogen functional groups attached to an aromatic ring is 1. The highest BCUT2D eigenvalue weighted by atomic mass is 35.5. The molecule has 0 unspecified atom stereocenters. The molecule has 0 saturated heterocycles. The van der Waals surface area contributed by atoms with Crippen LogP contribution in [0.15, 0.2) is 12.1 Å². The maximum Gasteiger partial charge on any atom is 0.183 e. The summed E-state index contributed by atoms with van der Waals surface area (Å²) in [5.41, 5.74) is 6.50. The zero-order chi connectivity index (χ0) is 15.6. The van der Waals surface area contributed by atoms with Gasteiger partial charge in [-0.15, -0.1) is 5.10 Å². The lowest BCUT2D eigenvalue weighted by Gasteiger charge is -2.24. The molecule has 0 radical (unpaired) electrons. The quantitative estimate of drug-likeness (QED) is 0.853. The summed E-state index contributed by atoms with van der Waals surface area (Å²) in [6.45, 7) is 6.96. The number of halogens is 2. The Hall–Kier alpha value is -1.37. The Morgan fingerprint density at radius 3 is 2.71 bits per heavy atom. The molecular weight excluding hydrogens is 313 g/mol. The topological polar surface area (TPSA) is 78.8 Å². The van der Waals surface area contributed by atoms with Crippen LogP contribution in [0.5, 0.6) is 0 Å². The van der Waals surface area contributed by atoms with Gasteiger partial charge in [0.1, 0.15) is 0 Å². The molecule has 1 aromatic heterocycles. The Labute approximate surface area is 133 Å². The molecule has 0 bridgehead atoms. The second-order valence-electron chi connectivity index (χ2n) is 5.22. The molecule has 8 heteroatoms. The van der Waals surface area contributed by atoms with Gasteiger partial charge in [-0.3, -0.25) is 0 Å². The predicted molar refractivity (Wildman–Crippen MR) is 83.4 cm³/mol. The summed E-state index contributed by atoms with van der Waals surface area (Å²) >= 11 is 12.3. The van der Waals surface area contributed by atoms with Gasteiger partial charge in [-0.25, -0.2) is 4.68 Å². The van der Waals surface area contributed by atoms with Crippen LogP contribution < -0.4 is 5.73 Å². The van der Waals surface area contributed by atoms with E-state index in [4.69, 9.17) is 33.7 Å². The monoisotopic (exact) mass is 329 g/mol. The Bertz CT molecular complexity index is 641. The number of anilines is 1. The minimum atomic E-state index is -0.407. The molecule has 0 spiro atoms. The molecule has 1 aromatic carbocycles. The fourth-order valence-electron chi connectivity index (χ4n) is 2.07. The molecule has 0 aliphatic heterocycles. The largest absolute Gasteiger partial charge is 0.399 e. The number of ether oxygens (including phenoxy) is 1. The Balaban J connectivity index is 2.42. The molecule has 0 fully saturated rings. The van der Waals surface area contributed by atoms with Crippen molar-refractivity contribution in [1.29, 1.82) is 0 Å². The molecule has 0 saturated carbocycles. The number of nitrogens with zero attached hydrogens (tertiary/aromatic N) is 4. The average molecular weight is 330 g/mol. The van der Waals surface area contributed by atoms with Crippen molar-refractivity contribution < 1.29 is 4.74 Å². The van der Waals surface area contributed by atoms with Gasteiger partial charge < -0.3 is 10.5 Å². The number of rotatable bonds is 5. The molecular formula is C13H17Cl2N5O. The van der Waals surface area contributed by atoms with E-state index in [0.717, 1.165) is 0 Å². The highest BCUT2D eigenvalue weighted by Crippen LogP contribution is 2.34. The first-order valence-electron chi connectivity index (χ1n) is 6.49. The van der Waals surface area contributed by atoms with Crippen LogP contribution in [0.1, 0.15) is 20.8 Å². The summed E-state index contributed by atoms with van der Waals surface area (Å²) in [5, 5.41) is 12.5. The van der Waals surface area contributed by atoms with E-state index in [-0.39, 0.29) is 0 Å². The summed E-state index contributed by atoms with van der Waals surface area (Å²) in [5.74, 6) is 0.502. The zero-order valence-electron chi connectivity index (χ0n) is 12.1. The fraction of sp³-hybridized carbons (Fsp3) is 0.462. The molecule has 6 nitrogen and oxygen atoms in total. The van der Waals surface area contributed by atoms with Crippen molar-refractivity contribution in [3.8, 4) is 11.4 Å². The summed E-state index contributed by atoms with van der Waals surface area (Å²) in [6.07, 6.45) is 0. The predicted octanol–water partition coefficient (Wildman–Crippen LogP) is 3.04. The number of aromatic nitrogens is 4. The number of hydrogen-bond acceptors (Lipinski definition) is 5. The van der Waals surface area contributed by atoms with Gasteiger partial charge in [0.2, 0.25) is 0 Å². The summed E-state index contributed by atoms with van der Waals surface area (Å²) in [7, 11) is 0. The van der Waals surface area contributed by atoms with E-state index in [0.29, 0.717) is 40.3 Å². The first-order valence-corrected chi connectivity index (χ1v) is 7.24. The van der Waals surface area contributed by atoms with Crippen LogP contribution in [-0.4, -0.2) is 32.4 Å². The lowest BCUT2D eigenvalue weighted by Crippen LogP contribution is -2.31. The standard InChI is InChI=1S/C13H17Cl2N5O/c1-4-21-13(2,3)7-20-12(17-18-19-20)9-5-8(16)6-10(14)11(9)15/h5-6H,4,7,16H2,1-3H3. The third-order valence-corrected chi connectivity index (χ3v) is 3.69. The van der Waals surface area contributed by atoms with Gasteiger partial charge in [0.05, 0.1) is 22.2 Å². The van der Waals surface area contributed by atoms with Crippen molar-refractivity contribution in [2.24, 2.45) is 0 Å². The highest BCUT2D eigenvalue weighted by molar-refractivity contribution is 6.43. The van der Waals surface area contributed by atoms with Crippen molar-refractivity contribution in [1.82, 2.24) is 20.2 Å². The van der Waals surface area contributed by atoms with Gasteiger partial charge in [0.15, 0.2) is 5.82 Å². The van der Waals surface area contributed by atoms with Crippen LogP contribution >= 0.6 is 23.2 Å². The van der Waals surface area contributed by atoms with E-state index in [9.17, 15) is 0 Å². The molecule has 0 aliphatic rings. The molecule has 2 aromatic rings. The first kappa shape index (κ1) is 16.0. The van der Waals surface area contributed by atoms with Crippen LogP contribution in [0, 0.1) is 0 Å². The summed E-state index contributed by atoms with van der Waals surface area (Å²) < 4.78 is 7.30. The molecule has 1 heterocycles. The Kier molecular flexibility index (Phi) is 4.70. The van der Waals surface area contributed by atoms with Crippen LogP contribution in [-0.2, 0) is 11.3 Å². The Morgan fingerprint density at radius 1 is 1.33 bits per heavy atom. The SMILES string of the molecule is CCOC(C)(C)Cn1nnnc1-c1cc(N)cc(Cl)c1Cl. The first-order chi connectivity index (χ1) is 9.84. The average Bonchev–Trinajstić information content (AvgIpc) is 2.80. The second kappa shape index (κ2) is 6.17. The molecule has 0 amide bonds. The normalized spacial score (nSPS) is 11.9. The van der Waals surface area contributed by atoms with E-state index in [1.807, 2.05) is 20.8 Å². The van der Waals surface area contributed by atoms with Crippen molar-refractivity contribution in [3.05, 3.63) is 22.2 Å². The molecule has 114 valence electrons. The van der Waals surface area contributed by atoms with Crippen molar-refractivity contribution in [2.75, 3.05) is 12.3 Å². The fourth-order valence-corrected chi connectivity index (χ4v) is 2.50. The van der Waals surface area contributed by atoms with Crippen LogP contribution in [0.25, 0.3) is 11.4 Å². The molecule has 21 heavy (non-hydrogen) atoms. The molecule has 2 rings (SSSR count). The summed E-state index contributed by atoms with van der Waals surface area (Å²) in [6, 6.07) is 3.29. The van der Waals surface area contributed by atoms with E-state index in [1.54, 1.807) is 16.8 Å². The van der Waals surface area contributed by atoms with Crippen LogP contribution in [0.3, 0.4) is 0 Å². The smallest absolute Gasteiger partial charge is 0.183 e. The minimum absolute atomic E-state index is 0.366. The van der Waals surface area contributed by atoms with Crippen molar-refractivity contribution >= 4 is 28.9 Å². The van der Waals surface area contributed by atoms with E-state index < -0.39 is 5.60 Å². The van der Waals surface area contributed by atoms with Crippen LogP contribution in [0.2, 0.25) is 10.0 Å². The van der Waals surface area contributed by atoms with E-state index >= 15 is 0 Å². The third-order valence-electron chi connectivity index (χ3n) is 2.89. The van der Waals surface area contributed by atoms with Gasteiger partial charge in [-0.2, -0.15) is 0 Å². The second-order valence-corrected chi connectivity index (χ2v) is 6.00. The minimum Gasteiger partial charge on any atom is -0.399 e. The molecule has 0 atom stereocenters. The highest BCUT2D eigenvalue weighted by Gasteiger charge is 2.23. The number of hydrogen-bond donors (Lipinski definition) is 1. The summed E-state index contributed by atoms with van der Waals surface area (Å²) in [4.78, 5) is 0. The number of benzene rings is 1. The molecule has 2 N–H and O–H groups in total. The lowest BCUT2D eigenvalue weighted by molar-refractivity contribution is -0.0246. The number of nitrogens with two attached hydrogens (primary N) is 1. The van der Waals surface area contributed by atoms with E-state index in [2.05, 4.69) is 15.5 Å². The van der Waals surface area contributed by atoms with Gasteiger partial charge in [0.25, 0.3) is 0 Å². The maximum atomic E-state index is 6.23. The third kappa shape index (κ3) is 3.64. The Morgan fingerprint density at radius 2 is 2.05 bits per heavy atom.